The summed E-state index contributed by atoms with van der Waals surface area (Å²) in [6.07, 6.45) is 1.31. The number of hydrogen-bond donors (Lipinski definition) is 0. The number of carbonyl (C=O) groups excluding carboxylic acids is 2. The number of Topliss-reactive ketones (excluding diaryl/α,β-unsaturated/α-hetero) is 1. The summed E-state index contributed by atoms with van der Waals surface area (Å²) in [6.45, 7) is 5.34. The normalized spacial score (nSPS) is 11.5. The molecule has 0 atom stereocenters. The van der Waals surface area contributed by atoms with Gasteiger partial charge in [0, 0.05) is 29.6 Å². The highest BCUT2D eigenvalue weighted by atomic mass is 16.6. The summed E-state index contributed by atoms with van der Waals surface area (Å²) in [5, 5.41) is 3.00. The fourth-order valence-corrected chi connectivity index (χ4v) is 2.74. The van der Waals surface area contributed by atoms with Gasteiger partial charge in [-0.15, -0.1) is 0 Å². The minimum atomic E-state index is -0.595. The highest BCUT2D eigenvalue weighted by molar-refractivity contribution is 6.09. The molecular formula is C21H22N2O3. The van der Waals surface area contributed by atoms with Crippen molar-refractivity contribution in [2.24, 2.45) is 0 Å². The second-order valence-corrected chi connectivity index (χ2v) is 7.34. The summed E-state index contributed by atoms with van der Waals surface area (Å²) >= 11 is 0. The Morgan fingerprint density at radius 1 is 1.08 bits per heavy atom. The quantitative estimate of drug-likeness (QED) is 0.518. The molecule has 0 saturated heterocycles. The van der Waals surface area contributed by atoms with Crippen molar-refractivity contribution in [3.8, 4) is 0 Å². The number of aromatic nitrogens is 1. The molecule has 0 bridgehead atoms. The second kappa shape index (κ2) is 6.75. The summed E-state index contributed by atoms with van der Waals surface area (Å²) < 4.78 is 5.29. The Morgan fingerprint density at radius 2 is 1.81 bits per heavy atom. The maximum absolute atomic E-state index is 12.6. The molecule has 1 amide bonds. The van der Waals surface area contributed by atoms with Crippen molar-refractivity contribution in [2.75, 3.05) is 13.6 Å². The maximum Gasteiger partial charge on any atom is 0.410 e. The summed E-state index contributed by atoms with van der Waals surface area (Å²) in [5.74, 6) is -0.145. The van der Waals surface area contributed by atoms with Crippen LogP contribution in [0.5, 0.6) is 0 Å². The SMILES string of the molecule is CN(CC(=O)c1ccc2ncc3ccccc3c2c1)C(=O)OC(C)(C)C. The number of carbonyl (C=O) groups is 2. The Labute approximate surface area is 152 Å². The number of hydrogen-bond acceptors (Lipinski definition) is 4. The fourth-order valence-electron chi connectivity index (χ4n) is 2.74. The Hall–Kier alpha value is -2.95. The summed E-state index contributed by atoms with van der Waals surface area (Å²) in [6, 6.07) is 13.4. The van der Waals surface area contributed by atoms with Gasteiger partial charge in [-0.3, -0.25) is 9.78 Å². The molecule has 5 heteroatoms. The summed E-state index contributed by atoms with van der Waals surface area (Å²) in [5.41, 5.74) is 0.786. The predicted octanol–water partition coefficient (Wildman–Crippen LogP) is 4.44. The number of likely N-dealkylation sites (N-methyl/N-ethyl adjacent to an activating group) is 1. The molecule has 0 aliphatic heterocycles. The van der Waals surface area contributed by atoms with Gasteiger partial charge in [0.05, 0.1) is 12.1 Å². The first-order chi connectivity index (χ1) is 12.2. The third-order valence-corrected chi connectivity index (χ3v) is 4.00. The van der Waals surface area contributed by atoms with E-state index in [0.29, 0.717) is 5.56 Å². The Morgan fingerprint density at radius 3 is 2.54 bits per heavy atom. The van der Waals surface area contributed by atoms with Crippen LogP contribution >= 0.6 is 0 Å². The predicted molar refractivity (Wildman–Crippen MR) is 102 cm³/mol. The van der Waals surface area contributed by atoms with Crippen LogP contribution in [0.2, 0.25) is 0 Å². The monoisotopic (exact) mass is 350 g/mol. The van der Waals surface area contributed by atoms with Gasteiger partial charge in [0.1, 0.15) is 5.60 Å². The summed E-state index contributed by atoms with van der Waals surface area (Å²) in [7, 11) is 1.56. The molecule has 134 valence electrons. The van der Waals surface area contributed by atoms with Gasteiger partial charge in [0.2, 0.25) is 0 Å². The first-order valence-electron chi connectivity index (χ1n) is 8.49. The van der Waals surface area contributed by atoms with Crippen molar-refractivity contribution >= 4 is 33.6 Å². The van der Waals surface area contributed by atoms with Crippen LogP contribution in [0.25, 0.3) is 21.7 Å². The van der Waals surface area contributed by atoms with Gasteiger partial charge in [0.25, 0.3) is 0 Å². The molecule has 26 heavy (non-hydrogen) atoms. The minimum Gasteiger partial charge on any atom is -0.444 e. The zero-order chi connectivity index (χ0) is 18.9. The Balaban J connectivity index is 1.87. The Bertz CT molecular complexity index is 989. The molecule has 0 aliphatic carbocycles. The summed E-state index contributed by atoms with van der Waals surface area (Å²) in [4.78, 5) is 30.4. The number of benzene rings is 2. The second-order valence-electron chi connectivity index (χ2n) is 7.34. The van der Waals surface area contributed by atoms with Crippen LogP contribution in [-0.4, -0.2) is 41.0 Å². The zero-order valence-electron chi connectivity index (χ0n) is 15.4. The molecular weight excluding hydrogens is 328 g/mol. The number of ether oxygens (including phenoxy) is 1. The van der Waals surface area contributed by atoms with Gasteiger partial charge in [0.15, 0.2) is 5.78 Å². The third-order valence-electron chi connectivity index (χ3n) is 4.00. The number of fused-ring (bicyclic) bond motifs is 3. The highest BCUT2D eigenvalue weighted by Crippen LogP contribution is 2.24. The number of ketones is 1. The molecule has 0 fully saturated rings. The molecule has 2 aromatic carbocycles. The number of pyridine rings is 1. The zero-order valence-corrected chi connectivity index (χ0v) is 15.4. The first kappa shape index (κ1) is 17.9. The van der Waals surface area contributed by atoms with Crippen molar-refractivity contribution in [1.29, 1.82) is 0 Å². The molecule has 5 nitrogen and oxygen atoms in total. The minimum absolute atomic E-state index is 0.0430. The highest BCUT2D eigenvalue weighted by Gasteiger charge is 2.21. The van der Waals surface area contributed by atoms with Crippen LogP contribution in [0.15, 0.2) is 48.7 Å². The van der Waals surface area contributed by atoms with E-state index in [1.807, 2.05) is 42.6 Å². The fraction of sp³-hybridized carbons (Fsp3) is 0.286. The van der Waals surface area contributed by atoms with E-state index in [2.05, 4.69) is 4.98 Å². The van der Waals surface area contributed by atoms with E-state index in [0.717, 1.165) is 21.7 Å². The van der Waals surface area contributed by atoms with E-state index in [4.69, 9.17) is 4.74 Å². The number of amides is 1. The topological polar surface area (TPSA) is 59.5 Å². The Kier molecular flexibility index (Phi) is 4.64. The molecule has 0 aliphatic rings. The van der Waals surface area contributed by atoms with Gasteiger partial charge >= 0.3 is 6.09 Å². The molecule has 3 aromatic rings. The van der Waals surface area contributed by atoms with E-state index in [9.17, 15) is 9.59 Å². The lowest BCUT2D eigenvalue weighted by Gasteiger charge is -2.24. The van der Waals surface area contributed by atoms with E-state index in [1.165, 1.54) is 4.90 Å². The van der Waals surface area contributed by atoms with Crippen molar-refractivity contribution in [3.05, 3.63) is 54.2 Å². The van der Waals surface area contributed by atoms with Crippen molar-refractivity contribution < 1.29 is 14.3 Å². The average molecular weight is 350 g/mol. The molecule has 0 saturated carbocycles. The van der Waals surface area contributed by atoms with Crippen LogP contribution in [0.3, 0.4) is 0 Å². The molecule has 0 N–H and O–H groups in total. The van der Waals surface area contributed by atoms with Crippen LogP contribution in [0, 0.1) is 0 Å². The van der Waals surface area contributed by atoms with Crippen LogP contribution in [-0.2, 0) is 4.74 Å². The average Bonchev–Trinajstić information content (AvgIpc) is 2.59. The standard InChI is InChI=1S/C21H22N2O3/c1-21(2,3)26-20(25)23(4)13-19(24)14-9-10-18-17(11-14)16-8-6-5-7-15(16)12-22-18/h5-12H,13H2,1-4H3. The third kappa shape index (κ3) is 3.82. The van der Waals surface area contributed by atoms with Crippen molar-refractivity contribution in [2.45, 2.75) is 26.4 Å². The lowest BCUT2D eigenvalue weighted by molar-refractivity contribution is 0.0295. The molecule has 0 spiro atoms. The molecule has 1 heterocycles. The van der Waals surface area contributed by atoms with Crippen LogP contribution in [0.4, 0.5) is 4.79 Å². The van der Waals surface area contributed by atoms with E-state index in [1.54, 1.807) is 33.9 Å². The molecule has 0 unspecified atom stereocenters. The van der Waals surface area contributed by atoms with Gasteiger partial charge < -0.3 is 9.64 Å². The molecule has 0 radical (unpaired) electrons. The molecule has 3 rings (SSSR count). The maximum atomic E-state index is 12.6. The largest absolute Gasteiger partial charge is 0.444 e. The van der Waals surface area contributed by atoms with E-state index >= 15 is 0 Å². The van der Waals surface area contributed by atoms with Gasteiger partial charge in [-0.25, -0.2) is 4.79 Å². The molecule has 1 aromatic heterocycles. The first-order valence-corrected chi connectivity index (χ1v) is 8.49. The lowest BCUT2D eigenvalue weighted by atomic mass is 10.0. The van der Waals surface area contributed by atoms with Gasteiger partial charge in [-0.05, 0) is 44.4 Å². The van der Waals surface area contributed by atoms with Gasteiger partial charge in [-0.1, -0.05) is 24.3 Å². The van der Waals surface area contributed by atoms with Crippen molar-refractivity contribution in [1.82, 2.24) is 9.88 Å². The van der Waals surface area contributed by atoms with Crippen LogP contribution in [0.1, 0.15) is 31.1 Å². The lowest BCUT2D eigenvalue weighted by Crippen LogP contribution is -2.37. The van der Waals surface area contributed by atoms with Crippen molar-refractivity contribution in [3.63, 3.8) is 0 Å². The number of rotatable bonds is 3. The van der Waals surface area contributed by atoms with Gasteiger partial charge in [-0.2, -0.15) is 0 Å². The number of nitrogens with zero attached hydrogens (tertiary/aromatic N) is 2. The van der Waals surface area contributed by atoms with E-state index < -0.39 is 11.7 Å². The van der Waals surface area contributed by atoms with E-state index in [-0.39, 0.29) is 12.3 Å². The van der Waals surface area contributed by atoms with Crippen LogP contribution < -0.4 is 0 Å². The smallest absolute Gasteiger partial charge is 0.410 e.